The molecule has 2 aromatic carbocycles. The van der Waals surface area contributed by atoms with Crippen molar-refractivity contribution in [3.63, 3.8) is 0 Å². The first-order chi connectivity index (χ1) is 20.2. The Morgan fingerprint density at radius 2 is 1.76 bits per heavy atom. The second-order valence-corrected chi connectivity index (χ2v) is 11.2. The molecule has 1 aliphatic rings. The maximum Gasteiger partial charge on any atom is 0.511 e. The molecule has 1 fully saturated rings. The first-order valence-electron chi connectivity index (χ1n) is 14.6. The lowest BCUT2D eigenvalue weighted by Gasteiger charge is -2.36. The molecule has 1 aliphatic heterocycles. The van der Waals surface area contributed by atoms with E-state index in [4.69, 9.17) is 18.9 Å². The number of rotatable bonds is 14. The number of nitrogens with zero attached hydrogens (tertiary/aromatic N) is 3. The van der Waals surface area contributed by atoms with Gasteiger partial charge in [0.2, 0.25) is 12.7 Å². The number of carbonyl (C=O) groups is 1. The van der Waals surface area contributed by atoms with Crippen molar-refractivity contribution in [1.29, 1.82) is 0 Å². The summed E-state index contributed by atoms with van der Waals surface area (Å²) >= 11 is 1.81. The molecule has 0 unspecified atom stereocenters. The molecule has 0 spiro atoms. The van der Waals surface area contributed by atoms with Gasteiger partial charge in [-0.1, -0.05) is 25.8 Å². The topological polar surface area (TPSA) is 73.4 Å². The van der Waals surface area contributed by atoms with Crippen molar-refractivity contribution < 1.29 is 23.7 Å². The molecule has 5 rings (SSSR count). The molecule has 8 nitrogen and oxygen atoms in total. The van der Waals surface area contributed by atoms with E-state index in [0.717, 1.165) is 81.5 Å². The molecular formula is C32H39N3O5S. The number of carbonyl (C=O) groups excluding carboxylic acids is 1. The van der Waals surface area contributed by atoms with Gasteiger partial charge in [-0.15, -0.1) is 11.3 Å². The first-order valence-corrected chi connectivity index (χ1v) is 15.5. The van der Waals surface area contributed by atoms with Crippen LogP contribution in [0.5, 0.6) is 11.6 Å². The van der Waals surface area contributed by atoms with Crippen LogP contribution >= 0.6 is 11.3 Å². The van der Waals surface area contributed by atoms with Gasteiger partial charge >= 0.3 is 6.16 Å². The molecule has 0 bridgehead atoms. The van der Waals surface area contributed by atoms with Gasteiger partial charge in [-0.2, -0.15) is 0 Å². The number of thiophene rings is 1. The van der Waals surface area contributed by atoms with Crippen LogP contribution in [-0.2, 0) is 9.47 Å². The molecule has 4 aromatic rings. The molecule has 0 N–H and O–H groups in total. The smallest absolute Gasteiger partial charge is 0.494 e. The number of benzene rings is 2. The lowest BCUT2D eigenvalue weighted by atomic mass is 10.2. The Labute approximate surface area is 245 Å². The fraction of sp³-hybridized carbons (Fsp3) is 0.438. The minimum atomic E-state index is -0.730. The molecular weight excluding hydrogens is 538 g/mol. The molecule has 9 heteroatoms. The molecule has 0 radical (unpaired) electrons. The number of pyridine rings is 1. The van der Waals surface area contributed by atoms with Crippen LogP contribution in [-0.4, -0.2) is 68.8 Å². The number of hydrogen-bond acceptors (Lipinski definition) is 9. The third-order valence-electron chi connectivity index (χ3n) is 7.31. The summed E-state index contributed by atoms with van der Waals surface area (Å²) < 4.78 is 22.8. The summed E-state index contributed by atoms with van der Waals surface area (Å²) in [7, 11) is 0. The number of piperazine rings is 1. The highest BCUT2D eigenvalue weighted by Crippen LogP contribution is 2.31. The van der Waals surface area contributed by atoms with Crippen LogP contribution in [0, 0.1) is 0 Å². The van der Waals surface area contributed by atoms with E-state index in [0.29, 0.717) is 19.1 Å². The maximum absolute atomic E-state index is 11.6. The van der Waals surface area contributed by atoms with E-state index in [9.17, 15) is 4.79 Å². The van der Waals surface area contributed by atoms with Crippen LogP contribution in [0.4, 0.5) is 10.5 Å². The van der Waals surface area contributed by atoms with E-state index < -0.39 is 6.16 Å². The lowest BCUT2D eigenvalue weighted by molar-refractivity contribution is 0.00271. The molecule has 0 saturated carbocycles. The Balaban J connectivity index is 0.995. The van der Waals surface area contributed by atoms with Gasteiger partial charge in [-0.25, -0.2) is 9.78 Å². The summed E-state index contributed by atoms with van der Waals surface area (Å²) in [6.07, 6.45) is 4.28. The molecule has 41 heavy (non-hydrogen) atoms. The zero-order valence-electron chi connectivity index (χ0n) is 23.8. The van der Waals surface area contributed by atoms with Gasteiger partial charge in [0.05, 0.1) is 18.7 Å². The van der Waals surface area contributed by atoms with E-state index in [1.807, 2.05) is 35.6 Å². The normalized spacial score (nSPS) is 13.9. The van der Waals surface area contributed by atoms with E-state index in [-0.39, 0.29) is 6.79 Å². The van der Waals surface area contributed by atoms with Crippen LogP contribution in [0.25, 0.3) is 21.0 Å². The van der Waals surface area contributed by atoms with Crippen molar-refractivity contribution in [1.82, 2.24) is 9.88 Å². The summed E-state index contributed by atoms with van der Waals surface area (Å²) in [5.74, 6) is 1.16. The van der Waals surface area contributed by atoms with E-state index in [1.54, 1.807) is 6.07 Å². The molecule has 3 heterocycles. The van der Waals surface area contributed by atoms with Gasteiger partial charge in [-0.3, -0.25) is 4.90 Å². The second kappa shape index (κ2) is 14.9. The number of hydrogen-bond donors (Lipinski definition) is 0. The van der Waals surface area contributed by atoms with Gasteiger partial charge in [0.1, 0.15) is 5.75 Å². The Hall–Kier alpha value is -3.56. The van der Waals surface area contributed by atoms with Crippen LogP contribution in [0.2, 0.25) is 0 Å². The quantitative estimate of drug-likeness (QED) is 0.0892. The Morgan fingerprint density at radius 1 is 0.902 bits per heavy atom. The summed E-state index contributed by atoms with van der Waals surface area (Å²) in [6, 6.07) is 18.4. The van der Waals surface area contributed by atoms with Crippen molar-refractivity contribution in [2.45, 2.75) is 39.0 Å². The van der Waals surface area contributed by atoms with Crippen molar-refractivity contribution >= 4 is 44.2 Å². The van der Waals surface area contributed by atoms with Crippen molar-refractivity contribution in [3.8, 4) is 11.6 Å². The van der Waals surface area contributed by atoms with Crippen LogP contribution in [0.15, 0.2) is 60.0 Å². The fourth-order valence-corrected chi connectivity index (χ4v) is 5.84. The van der Waals surface area contributed by atoms with Crippen LogP contribution < -0.4 is 14.4 Å². The largest absolute Gasteiger partial charge is 0.511 e. The van der Waals surface area contributed by atoms with Crippen LogP contribution in [0.1, 0.15) is 39.0 Å². The highest BCUT2D eigenvalue weighted by molar-refractivity contribution is 7.17. The molecule has 0 aliphatic carbocycles. The number of anilines is 1. The number of fused-ring (bicyclic) bond motifs is 2. The Bertz CT molecular complexity index is 1400. The minimum Gasteiger partial charge on any atom is -0.494 e. The second-order valence-electron chi connectivity index (χ2n) is 10.2. The molecule has 0 atom stereocenters. The zero-order valence-corrected chi connectivity index (χ0v) is 24.6. The standard InChI is InChI=1S/C32H39N3O5S/c1-2-3-5-21-38-32(36)40-24-39-31-13-11-25-10-12-26(23-28(25)33-31)37-20-6-4-15-34-16-18-35(19-17-34)29-8-7-9-30-27(29)14-22-41-30/h7-14,22-23H,2-6,15-21,24H2,1H3. The highest BCUT2D eigenvalue weighted by atomic mass is 32.1. The van der Waals surface area contributed by atoms with Gasteiger partial charge < -0.3 is 23.8 Å². The molecule has 1 saturated heterocycles. The van der Waals surface area contributed by atoms with Crippen molar-refractivity contribution in [2.24, 2.45) is 0 Å². The van der Waals surface area contributed by atoms with Crippen molar-refractivity contribution in [2.75, 3.05) is 57.6 Å². The van der Waals surface area contributed by atoms with Crippen LogP contribution in [0.3, 0.4) is 0 Å². The molecule has 218 valence electrons. The van der Waals surface area contributed by atoms with Crippen molar-refractivity contribution in [3.05, 3.63) is 60.0 Å². The Kier molecular flexibility index (Phi) is 10.5. The monoisotopic (exact) mass is 577 g/mol. The fourth-order valence-electron chi connectivity index (χ4n) is 5.03. The zero-order chi connectivity index (χ0) is 28.3. The number of unbranched alkanes of at least 4 members (excludes halogenated alkanes) is 3. The third-order valence-corrected chi connectivity index (χ3v) is 8.19. The average Bonchev–Trinajstić information content (AvgIpc) is 3.49. The minimum absolute atomic E-state index is 0.249. The van der Waals surface area contributed by atoms with Gasteiger partial charge in [0.15, 0.2) is 0 Å². The SMILES string of the molecule is CCCCCOC(=O)OCOc1ccc2ccc(OCCCCN3CCN(c4cccc5sccc45)CC3)cc2n1. The Morgan fingerprint density at radius 3 is 2.63 bits per heavy atom. The first kappa shape index (κ1) is 29.0. The van der Waals surface area contributed by atoms with Gasteiger partial charge in [-0.05, 0) is 67.6 Å². The summed E-state index contributed by atoms with van der Waals surface area (Å²) in [4.78, 5) is 21.2. The summed E-state index contributed by atoms with van der Waals surface area (Å²) in [6.45, 7) is 8.27. The average molecular weight is 578 g/mol. The number of aromatic nitrogens is 1. The number of ether oxygens (including phenoxy) is 4. The summed E-state index contributed by atoms with van der Waals surface area (Å²) in [5.41, 5.74) is 2.13. The predicted molar refractivity (Wildman–Crippen MR) is 164 cm³/mol. The van der Waals surface area contributed by atoms with Gasteiger partial charge in [0, 0.05) is 59.5 Å². The predicted octanol–water partition coefficient (Wildman–Crippen LogP) is 7.11. The van der Waals surface area contributed by atoms with E-state index in [1.165, 1.54) is 15.8 Å². The molecule has 0 amide bonds. The maximum atomic E-state index is 11.6. The van der Waals surface area contributed by atoms with E-state index >= 15 is 0 Å². The van der Waals surface area contributed by atoms with Gasteiger partial charge in [0.25, 0.3) is 0 Å². The third kappa shape index (κ3) is 8.24. The molecule has 2 aromatic heterocycles. The van der Waals surface area contributed by atoms with E-state index in [2.05, 4.69) is 51.4 Å². The highest BCUT2D eigenvalue weighted by Gasteiger charge is 2.18. The lowest BCUT2D eigenvalue weighted by Crippen LogP contribution is -2.46. The summed E-state index contributed by atoms with van der Waals surface area (Å²) in [5, 5.41) is 4.54.